The molecule has 2 atom stereocenters. The SMILES string of the molecule is NC(=O)[C@H]1CCC[C@@H]1NC(=O)Cc1nc(-c2ccc(F)cc2)cs1. The van der Waals surface area contributed by atoms with Gasteiger partial charge in [0.15, 0.2) is 0 Å². The number of nitrogens with two attached hydrogens (primary N) is 1. The molecule has 1 aromatic carbocycles. The van der Waals surface area contributed by atoms with Gasteiger partial charge in [0, 0.05) is 17.0 Å². The minimum absolute atomic E-state index is 0.159. The van der Waals surface area contributed by atoms with Crippen molar-refractivity contribution in [2.24, 2.45) is 11.7 Å². The summed E-state index contributed by atoms with van der Waals surface area (Å²) in [4.78, 5) is 28.0. The summed E-state index contributed by atoms with van der Waals surface area (Å²) < 4.78 is 13.0. The summed E-state index contributed by atoms with van der Waals surface area (Å²) in [7, 11) is 0. The molecule has 0 spiro atoms. The van der Waals surface area contributed by atoms with E-state index in [0.29, 0.717) is 5.01 Å². The van der Waals surface area contributed by atoms with Crippen molar-refractivity contribution < 1.29 is 14.0 Å². The molecule has 1 fully saturated rings. The molecule has 1 aliphatic carbocycles. The summed E-state index contributed by atoms with van der Waals surface area (Å²) >= 11 is 1.38. The van der Waals surface area contributed by atoms with Crippen molar-refractivity contribution in [2.45, 2.75) is 31.7 Å². The van der Waals surface area contributed by atoms with E-state index in [4.69, 9.17) is 5.73 Å². The third kappa shape index (κ3) is 3.79. The van der Waals surface area contributed by atoms with Gasteiger partial charge in [-0.1, -0.05) is 6.42 Å². The molecule has 0 saturated heterocycles. The molecular formula is C17H18FN3O2S. The van der Waals surface area contributed by atoms with Crippen LogP contribution < -0.4 is 11.1 Å². The Morgan fingerprint density at radius 3 is 2.75 bits per heavy atom. The molecule has 7 heteroatoms. The Bertz CT molecular complexity index is 745. The molecule has 5 nitrogen and oxygen atoms in total. The highest BCUT2D eigenvalue weighted by Gasteiger charge is 2.32. The van der Waals surface area contributed by atoms with Gasteiger partial charge in [-0.2, -0.15) is 0 Å². The lowest BCUT2D eigenvalue weighted by molar-refractivity contribution is -0.124. The van der Waals surface area contributed by atoms with Gasteiger partial charge in [-0.05, 0) is 37.1 Å². The Balaban J connectivity index is 1.61. The predicted octanol–water partition coefficient (Wildman–Crippen LogP) is 2.26. The van der Waals surface area contributed by atoms with Gasteiger partial charge in [-0.15, -0.1) is 11.3 Å². The number of benzene rings is 1. The van der Waals surface area contributed by atoms with Crippen molar-refractivity contribution in [3.63, 3.8) is 0 Å². The van der Waals surface area contributed by atoms with E-state index < -0.39 is 0 Å². The molecule has 0 bridgehead atoms. The van der Waals surface area contributed by atoms with E-state index in [1.165, 1.54) is 23.5 Å². The third-order valence-corrected chi connectivity index (χ3v) is 5.08. The van der Waals surface area contributed by atoms with Crippen LogP contribution in [0.1, 0.15) is 24.3 Å². The maximum atomic E-state index is 13.0. The maximum absolute atomic E-state index is 13.0. The van der Waals surface area contributed by atoms with Crippen LogP contribution in [0.3, 0.4) is 0 Å². The van der Waals surface area contributed by atoms with Crippen LogP contribution in [0, 0.1) is 11.7 Å². The first kappa shape index (κ1) is 16.6. The van der Waals surface area contributed by atoms with E-state index in [1.807, 2.05) is 5.38 Å². The van der Waals surface area contributed by atoms with Crippen molar-refractivity contribution in [3.8, 4) is 11.3 Å². The molecule has 3 N–H and O–H groups in total. The first-order valence-electron chi connectivity index (χ1n) is 7.82. The lowest BCUT2D eigenvalue weighted by Crippen LogP contribution is -2.42. The second kappa shape index (κ2) is 7.09. The predicted molar refractivity (Wildman–Crippen MR) is 89.7 cm³/mol. The van der Waals surface area contributed by atoms with Crippen molar-refractivity contribution in [3.05, 3.63) is 40.5 Å². The van der Waals surface area contributed by atoms with E-state index in [9.17, 15) is 14.0 Å². The largest absolute Gasteiger partial charge is 0.369 e. The molecule has 1 saturated carbocycles. The van der Waals surface area contributed by atoms with E-state index in [0.717, 1.165) is 30.5 Å². The first-order valence-corrected chi connectivity index (χ1v) is 8.70. The number of carbonyl (C=O) groups excluding carboxylic acids is 2. The number of aromatic nitrogens is 1. The maximum Gasteiger partial charge on any atom is 0.227 e. The Labute approximate surface area is 143 Å². The Hall–Kier alpha value is -2.28. The van der Waals surface area contributed by atoms with Gasteiger partial charge in [-0.25, -0.2) is 9.37 Å². The average Bonchev–Trinajstić information content (AvgIpc) is 3.17. The zero-order chi connectivity index (χ0) is 17.1. The fraction of sp³-hybridized carbons (Fsp3) is 0.353. The van der Waals surface area contributed by atoms with E-state index in [2.05, 4.69) is 10.3 Å². The second-order valence-corrected chi connectivity index (χ2v) is 6.87. The molecule has 3 rings (SSSR count). The van der Waals surface area contributed by atoms with Crippen molar-refractivity contribution in [1.82, 2.24) is 10.3 Å². The van der Waals surface area contributed by atoms with Crippen molar-refractivity contribution in [2.75, 3.05) is 0 Å². The normalized spacial score (nSPS) is 20.0. The Morgan fingerprint density at radius 1 is 1.29 bits per heavy atom. The Morgan fingerprint density at radius 2 is 2.04 bits per heavy atom. The molecule has 1 heterocycles. The minimum Gasteiger partial charge on any atom is -0.369 e. The zero-order valence-electron chi connectivity index (χ0n) is 13.0. The highest BCUT2D eigenvalue weighted by Crippen LogP contribution is 2.26. The molecule has 24 heavy (non-hydrogen) atoms. The van der Waals surface area contributed by atoms with E-state index in [-0.39, 0.29) is 36.0 Å². The molecule has 0 aliphatic heterocycles. The average molecular weight is 347 g/mol. The van der Waals surface area contributed by atoms with Crippen molar-refractivity contribution in [1.29, 1.82) is 0 Å². The standard InChI is InChI=1S/C17H18FN3O2S/c18-11-6-4-10(5-7-11)14-9-24-16(21-14)8-15(22)20-13-3-1-2-12(13)17(19)23/h4-7,9,12-13H,1-3,8H2,(H2,19,23)(H,20,22)/t12-,13-/m0/s1. The molecule has 2 amide bonds. The number of primary amides is 1. The second-order valence-electron chi connectivity index (χ2n) is 5.92. The lowest BCUT2D eigenvalue weighted by Gasteiger charge is -2.17. The molecule has 1 aromatic heterocycles. The van der Waals surface area contributed by atoms with Crippen LogP contribution in [0.5, 0.6) is 0 Å². The summed E-state index contributed by atoms with van der Waals surface area (Å²) in [6, 6.07) is 5.90. The molecular weight excluding hydrogens is 329 g/mol. The summed E-state index contributed by atoms with van der Waals surface area (Å²) in [5.41, 5.74) is 6.90. The van der Waals surface area contributed by atoms with Crippen LogP contribution in [0.25, 0.3) is 11.3 Å². The van der Waals surface area contributed by atoms with E-state index >= 15 is 0 Å². The summed E-state index contributed by atoms with van der Waals surface area (Å²) in [6.45, 7) is 0. The topological polar surface area (TPSA) is 85.1 Å². The number of carbonyl (C=O) groups is 2. The number of nitrogens with one attached hydrogen (secondary N) is 1. The summed E-state index contributed by atoms with van der Waals surface area (Å²) in [5, 5.41) is 5.42. The quantitative estimate of drug-likeness (QED) is 0.870. The smallest absolute Gasteiger partial charge is 0.227 e. The summed E-state index contributed by atoms with van der Waals surface area (Å²) in [5.74, 6) is -1.09. The molecule has 1 aliphatic rings. The number of halogens is 1. The molecule has 2 aromatic rings. The van der Waals surface area contributed by atoms with Crippen LogP contribution in [0.4, 0.5) is 4.39 Å². The van der Waals surface area contributed by atoms with Crippen LogP contribution in [-0.2, 0) is 16.0 Å². The lowest BCUT2D eigenvalue weighted by atomic mass is 10.0. The van der Waals surface area contributed by atoms with Crippen LogP contribution in [-0.4, -0.2) is 22.8 Å². The van der Waals surface area contributed by atoms with Crippen molar-refractivity contribution >= 4 is 23.2 Å². The van der Waals surface area contributed by atoms with E-state index in [1.54, 1.807) is 12.1 Å². The Kier molecular flexibility index (Phi) is 4.89. The van der Waals surface area contributed by atoms with Gasteiger partial charge in [0.1, 0.15) is 10.8 Å². The van der Waals surface area contributed by atoms with Crippen LogP contribution in [0.15, 0.2) is 29.6 Å². The minimum atomic E-state index is -0.356. The van der Waals surface area contributed by atoms with Gasteiger partial charge in [-0.3, -0.25) is 9.59 Å². The van der Waals surface area contributed by atoms with Gasteiger partial charge < -0.3 is 11.1 Å². The third-order valence-electron chi connectivity index (χ3n) is 4.23. The zero-order valence-corrected chi connectivity index (χ0v) is 13.8. The van der Waals surface area contributed by atoms with Gasteiger partial charge in [0.2, 0.25) is 11.8 Å². The summed E-state index contributed by atoms with van der Waals surface area (Å²) in [6.07, 6.45) is 2.56. The van der Waals surface area contributed by atoms with Crippen LogP contribution >= 0.6 is 11.3 Å². The number of hydrogen-bond donors (Lipinski definition) is 2. The number of nitrogens with zero attached hydrogens (tertiary/aromatic N) is 1. The van der Waals surface area contributed by atoms with Gasteiger partial charge >= 0.3 is 0 Å². The van der Waals surface area contributed by atoms with Gasteiger partial charge in [0.25, 0.3) is 0 Å². The number of hydrogen-bond acceptors (Lipinski definition) is 4. The molecule has 0 radical (unpaired) electrons. The first-order chi connectivity index (χ1) is 11.5. The van der Waals surface area contributed by atoms with Crippen LogP contribution in [0.2, 0.25) is 0 Å². The number of rotatable bonds is 5. The molecule has 126 valence electrons. The number of amides is 2. The molecule has 0 unspecified atom stereocenters. The number of thiazole rings is 1. The fourth-order valence-electron chi connectivity index (χ4n) is 3.01. The monoisotopic (exact) mass is 347 g/mol. The highest BCUT2D eigenvalue weighted by molar-refractivity contribution is 7.10. The fourth-order valence-corrected chi connectivity index (χ4v) is 3.82. The van der Waals surface area contributed by atoms with Gasteiger partial charge in [0.05, 0.1) is 18.0 Å². The highest BCUT2D eigenvalue weighted by atomic mass is 32.1.